The second-order valence-corrected chi connectivity index (χ2v) is 11.8. The molecule has 1 saturated heterocycles. The summed E-state index contributed by atoms with van der Waals surface area (Å²) >= 11 is 6.50. The van der Waals surface area contributed by atoms with Crippen LogP contribution in [-0.4, -0.2) is 46.3 Å². The Balaban J connectivity index is 1.19. The second kappa shape index (κ2) is 12.5. The number of aliphatic carboxylic acids is 1. The number of ether oxygens (including phenoxy) is 1. The molecular weight excluding hydrogens is 538 g/mol. The summed E-state index contributed by atoms with van der Waals surface area (Å²) in [6, 6.07) is 21.7. The van der Waals surface area contributed by atoms with E-state index in [9.17, 15) is 9.90 Å². The van der Waals surface area contributed by atoms with Crippen molar-refractivity contribution in [2.24, 2.45) is 11.3 Å². The van der Waals surface area contributed by atoms with Crippen molar-refractivity contribution in [2.75, 3.05) is 20.2 Å². The minimum Gasteiger partial charge on any atom is -0.497 e. The number of hydrogen-bond donors (Lipinski definition) is 1. The third kappa shape index (κ3) is 6.80. The van der Waals surface area contributed by atoms with Gasteiger partial charge in [-0.25, -0.2) is 0 Å². The number of carboxylic acid groups (broad SMARTS) is 1. The van der Waals surface area contributed by atoms with E-state index in [2.05, 4.69) is 41.0 Å². The van der Waals surface area contributed by atoms with E-state index in [1.54, 1.807) is 7.11 Å². The van der Waals surface area contributed by atoms with Crippen LogP contribution in [0.25, 0.3) is 22.8 Å². The van der Waals surface area contributed by atoms with Crippen LogP contribution < -0.4 is 4.74 Å². The first-order chi connectivity index (χ1) is 19.7. The average molecular weight is 574 g/mol. The highest BCUT2D eigenvalue weighted by atomic mass is 35.5. The van der Waals surface area contributed by atoms with Crippen molar-refractivity contribution < 1.29 is 19.2 Å². The number of halogens is 1. The number of carbonyl (C=O) groups is 1. The predicted octanol–water partition coefficient (Wildman–Crippen LogP) is 7.17. The second-order valence-electron chi connectivity index (χ2n) is 11.4. The Labute approximate surface area is 246 Å². The first-order valence-corrected chi connectivity index (χ1v) is 14.4. The van der Waals surface area contributed by atoms with Crippen molar-refractivity contribution in [2.45, 2.75) is 46.1 Å². The summed E-state index contributed by atoms with van der Waals surface area (Å²) in [4.78, 5) is 19.3. The van der Waals surface area contributed by atoms with Crippen molar-refractivity contribution in [3.63, 3.8) is 0 Å². The number of methoxy groups -OCH3 is 1. The number of piperidine rings is 1. The average Bonchev–Trinajstić information content (AvgIpc) is 3.46. The molecule has 0 saturated carbocycles. The lowest BCUT2D eigenvalue weighted by Crippen LogP contribution is -2.45. The maximum Gasteiger partial charge on any atom is 0.310 e. The lowest BCUT2D eigenvalue weighted by atomic mass is 9.73. The number of carboxylic acids is 1. The topological polar surface area (TPSA) is 88.7 Å². The van der Waals surface area contributed by atoms with Crippen LogP contribution in [-0.2, 0) is 24.2 Å². The van der Waals surface area contributed by atoms with Gasteiger partial charge in [-0.15, -0.1) is 0 Å². The van der Waals surface area contributed by atoms with E-state index in [1.807, 2.05) is 54.6 Å². The van der Waals surface area contributed by atoms with Crippen molar-refractivity contribution in [3.05, 3.63) is 88.4 Å². The predicted molar refractivity (Wildman–Crippen MR) is 160 cm³/mol. The molecule has 0 aliphatic carbocycles. The summed E-state index contributed by atoms with van der Waals surface area (Å²) in [6.07, 6.45) is 2.67. The highest BCUT2D eigenvalue weighted by Gasteiger charge is 2.41. The summed E-state index contributed by atoms with van der Waals surface area (Å²) in [7, 11) is 1.63. The quantitative estimate of drug-likeness (QED) is 0.215. The maximum atomic E-state index is 12.3. The monoisotopic (exact) mass is 573 g/mol. The van der Waals surface area contributed by atoms with Gasteiger partial charge in [-0.05, 0) is 85.6 Å². The first kappa shape index (κ1) is 28.8. The minimum absolute atomic E-state index is 0.437. The summed E-state index contributed by atoms with van der Waals surface area (Å²) in [5.41, 5.74) is 4.21. The van der Waals surface area contributed by atoms with Gasteiger partial charge in [0, 0.05) is 22.7 Å². The normalized spacial score (nSPS) is 15.2. The molecule has 41 heavy (non-hydrogen) atoms. The molecule has 0 atom stereocenters. The highest BCUT2D eigenvalue weighted by Crippen LogP contribution is 2.36. The number of hydrogen-bond acceptors (Lipinski definition) is 6. The molecule has 1 aliphatic heterocycles. The van der Waals surface area contributed by atoms with Crippen LogP contribution in [0.4, 0.5) is 0 Å². The van der Waals surface area contributed by atoms with Gasteiger partial charge in [0.2, 0.25) is 5.82 Å². The van der Waals surface area contributed by atoms with Crippen molar-refractivity contribution in [1.82, 2.24) is 15.0 Å². The summed E-state index contributed by atoms with van der Waals surface area (Å²) in [5.74, 6) is 1.54. The van der Waals surface area contributed by atoms with Gasteiger partial charge in [0.25, 0.3) is 5.89 Å². The van der Waals surface area contributed by atoms with Gasteiger partial charge in [0.15, 0.2) is 0 Å². The third-order valence-corrected chi connectivity index (χ3v) is 8.29. The molecule has 1 fully saturated rings. The van der Waals surface area contributed by atoms with Gasteiger partial charge in [-0.1, -0.05) is 73.1 Å². The number of aromatic nitrogens is 2. The Hall–Kier alpha value is -3.68. The zero-order valence-electron chi connectivity index (χ0n) is 23.8. The first-order valence-electron chi connectivity index (χ1n) is 14.1. The van der Waals surface area contributed by atoms with Gasteiger partial charge in [-0.3, -0.25) is 9.69 Å². The molecule has 0 radical (unpaired) electrons. The number of benzene rings is 3. The van der Waals surface area contributed by atoms with Crippen LogP contribution >= 0.6 is 11.6 Å². The molecule has 2 heterocycles. The van der Waals surface area contributed by atoms with E-state index in [1.165, 1.54) is 0 Å². The molecule has 0 spiro atoms. The van der Waals surface area contributed by atoms with Crippen LogP contribution in [0.3, 0.4) is 0 Å². The van der Waals surface area contributed by atoms with E-state index in [0.717, 1.165) is 59.6 Å². The van der Waals surface area contributed by atoms with E-state index >= 15 is 0 Å². The van der Waals surface area contributed by atoms with E-state index in [0.29, 0.717) is 41.9 Å². The molecule has 8 heteroatoms. The van der Waals surface area contributed by atoms with Gasteiger partial charge in [-0.2, -0.15) is 4.98 Å². The van der Waals surface area contributed by atoms with Gasteiger partial charge in [0.05, 0.1) is 12.5 Å². The van der Waals surface area contributed by atoms with Gasteiger partial charge >= 0.3 is 5.97 Å². The molecule has 1 N–H and O–H groups in total. The molecule has 7 nitrogen and oxygen atoms in total. The molecule has 4 aromatic rings. The highest BCUT2D eigenvalue weighted by molar-refractivity contribution is 6.31. The molecule has 1 aliphatic rings. The van der Waals surface area contributed by atoms with Gasteiger partial charge in [0.1, 0.15) is 5.75 Å². The lowest BCUT2D eigenvalue weighted by molar-refractivity contribution is -0.152. The van der Waals surface area contributed by atoms with Crippen LogP contribution in [0, 0.1) is 11.3 Å². The fraction of sp³-hybridized carbons (Fsp3) is 0.364. The molecule has 0 unspecified atom stereocenters. The Bertz CT molecular complexity index is 1470. The molecule has 0 bridgehead atoms. The zero-order valence-corrected chi connectivity index (χ0v) is 24.5. The molecule has 0 amide bonds. The Morgan fingerprint density at radius 3 is 2.29 bits per heavy atom. The minimum atomic E-state index is -0.746. The summed E-state index contributed by atoms with van der Waals surface area (Å²) in [5, 5.41) is 15.0. The van der Waals surface area contributed by atoms with Gasteiger partial charge < -0.3 is 14.4 Å². The van der Waals surface area contributed by atoms with Crippen LogP contribution in [0.1, 0.15) is 43.4 Å². The molecule has 214 valence electrons. The van der Waals surface area contributed by atoms with Crippen LogP contribution in [0.2, 0.25) is 5.02 Å². The van der Waals surface area contributed by atoms with E-state index < -0.39 is 11.4 Å². The standard InChI is InChI=1S/C33H36ClN3O4/c1-22(2)18-26-10-11-27(19-29(26)34)31-35-30(36-41-31)25-8-4-24(5-9-25)21-37-16-14-33(15-17-37,32(38)39)20-23-6-12-28(40-3)13-7-23/h4-13,19,22H,14-18,20-21H2,1-3H3,(H,38,39). The third-order valence-electron chi connectivity index (χ3n) is 7.94. The SMILES string of the molecule is COc1ccc(CC2(C(=O)O)CCN(Cc3ccc(-c4noc(-c5ccc(CC(C)C)c(Cl)c5)n4)cc3)CC2)cc1. The smallest absolute Gasteiger partial charge is 0.310 e. The molecule has 5 rings (SSSR count). The largest absolute Gasteiger partial charge is 0.497 e. The lowest BCUT2D eigenvalue weighted by Gasteiger charge is -2.39. The summed E-state index contributed by atoms with van der Waals surface area (Å²) < 4.78 is 10.8. The Kier molecular flexibility index (Phi) is 8.76. The fourth-order valence-electron chi connectivity index (χ4n) is 5.50. The number of likely N-dealkylation sites (tertiary alicyclic amines) is 1. The number of nitrogens with zero attached hydrogens (tertiary/aromatic N) is 3. The van der Waals surface area contributed by atoms with Crippen LogP contribution in [0.5, 0.6) is 5.75 Å². The zero-order chi connectivity index (χ0) is 29.0. The maximum absolute atomic E-state index is 12.3. The van der Waals surface area contributed by atoms with E-state index in [-0.39, 0.29) is 0 Å². The van der Waals surface area contributed by atoms with Crippen LogP contribution in [0.15, 0.2) is 71.3 Å². The Morgan fingerprint density at radius 2 is 1.68 bits per heavy atom. The van der Waals surface area contributed by atoms with Crippen molar-refractivity contribution >= 4 is 17.6 Å². The summed E-state index contributed by atoms with van der Waals surface area (Å²) in [6.45, 7) is 6.56. The molecular formula is C33H36ClN3O4. The van der Waals surface area contributed by atoms with Crippen molar-refractivity contribution in [1.29, 1.82) is 0 Å². The Morgan fingerprint density at radius 1 is 1.02 bits per heavy atom. The molecule has 1 aromatic heterocycles. The molecule has 3 aromatic carbocycles. The number of rotatable bonds is 10. The van der Waals surface area contributed by atoms with E-state index in [4.69, 9.17) is 20.9 Å². The fourth-order valence-corrected chi connectivity index (χ4v) is 5.76. The van der Waals surface area contributed by atoms with Crippen molar-refractivity contribution in [3.8, 4) is 28.6 Å².